The van der Waals surface area contributed by atoms with Crippen LogP contribution in [0.2, 0.25) is 0 Å². The number of pyridine rings is 1. The van der Waals surface area contributed by atoms with Gasteiger partial charge in [-0.1, -0.05) is 30.3 Å². The molecule has 0 saturated heterocycles. The van der Waals surface area contributed by atoms with Crippen molar-refractivity contribution in [2.24, 2.45) is 7.05 Å². The number of nitrogens with zero attached hydrogens (tertiary/aromatic N) is 3. The molecule has 102 valence electrons. The lowest BCUT2D eigenvalue weighted by atomic mass is 10.1. The van der Waals surface area contributed by atoms with E-state index in [0.29, 0.717) is 16.6 Å². The second-order valence-corrected chi connectivity index (χ2v) is 4.81. The highest BCUT2D eigenvalue weighted by molar-refractivity contribution is 6.05. The summed E-state index contributed by atoms with van der Waals surface area (Å²) in [5, 5.41) is 5.73. The number of hydrogen-bond donors (Lipinski definition) is 0. The molecule has 4 rings (SSSR count). The summed E-state index contributed by atoms with van der Waals surface area (Å²) in [4.78, 5) is 16.4. The van der Waals surface area contributed by atoms with Crippen LogP contribution in [0.1, 0.15) is 0 Å². The number of benzene rings is 1. The van der Waals surface area contributed by atoms with E-state index in [1.165, 1.54) is 0 Å². The van der Waals surface area contributed by atoms with Crippen LogP contribution in [0, 0.1) is 0 Å². The first-order chi connectivity index (χ1) is 10.3. The van der Waals surface area contributed by atoms with E-state index < -0.39 is 5.63 Å². The summed E-state index contributed by atoms with van der Waals surface area (Å²) in [6.07, 6.45) is 1.60. The normalized spacial score (nSPS) is 11.3. The summed E-state index contributed by atoms with van der Waals surface area (Å²) in [6.45, 7) is 0. The fraction of sp³-hybridized carbons (Fsp3) is 0.0625. The Morgan fingerprint density at radius 2 is 1.90 bits per heavy atom. The largest absolute Gasteiger partial charge is 0.403 e. The Morgan fingerprint density at radius 1 is 1.10 bits per heavy atom. The van der Waals surface area contributed by atoms with E-state index >= 15 is 0 Å². The fourth-order valence-electron chi connectivity index (χ4n) is 2.62. The van der Waals surface area contributed by atoms with Crippen LogP contribution in [0.4, 0.5) is 0 Å². The van der Waals surface area contributed by atoms with Crippen LogP contribution in [-0.2, 0) is 7.05 Å². The van der Waals surface area contributed by atoms with Crippen molar-refractivity contribution >= 4 is 22.0 Å². The Labute approximate surface area is 119 Å². The molecule has 4 aromatic rings. The van der Waals surface area contributed by atoms with Crippen LogP contribution in [0.5, 0.6) is 0 Å². The van der Waals surface area contributed by atoms with Crippen molar-refractivity contribution < 1.29 is 4.42 Å². The van der Waals surface area contributed by atoms with E-state index in [0.717, 1.165) is 16.6 Å². The predicted octanol–water partition coefficient (Wildman–Crippen LogP) is 2.74. The molecule has 0 atom stereocenters. The quantitative estimate of drug-likeness (QED) is 0.536. The van der Waals surface area contributed by atoms with E-state index in [2.05, 4.69) is 10.1 Å². The van der Waals surface area contributed by atoms with Crippen LogP contribution >= 0.6 is 0 Å². The highest BCUT2D eigenvalue weighted by Crippen LogP contribution is 2.29. The highest BCUT2D eigenvalue weighted by Gasteiger charge is 2.18. The lowest BCUT2D eigenvalue weighted by molar-refractivity contribution is 0.558. The maximum atomic E-state index is 12.3. The number of hydrogen-bond acceptors (Lipinski definition) is 4. The molecule has 3 heterocycles. The van der Waals surface area contributed by atoms with Gasteiger partial charge in [-0.05, 0) is 12.1 Å². The molecule has 1 aromatic carbocycles. The van der Waals surface area contributed by atoms with Gasteiger partial charge in [-0.25, -0.2) is 9.78 Å². The van der Waals surface area contributed by atoms with E-state index in [-0.39, 0.29) is 0 Å². The molecular formula is C16H11N3O2. The summed E-state index contributed by atoms with van der Waals surface area (Å²) in [6, 6.07) is 13.3. The topological polar surface area (TPSA) is 60.9 Å². The van der Waals surface area contributed by atoms with E-state index in [1.54, 1.807) is 16.9 Å². The Kier molecular flexibility index (Phi) is 2.41. The molecule has 0 bridgehead atoms. The van der Waals surface area contributed by atoms with Gasteiger partial charge in [0.25, 0.3) is 0 Å². The third kappa shape index (κ3) is 1.67. The second-order valence-electron chi connectivity index (χ2n) is 4.81. The molecule has 3 aromatic heterocycles. The van der Waals surface area contributed by atoms with Crippen molar-refractivity contribution in [2.45, 2.75) is 0 Å². The zero-order valence-corrected chi connectivity index (χ0v) is 11.3. The molecule has 0 unspecified atom stereocenters. The SMILES string of the molecule is Cn1nc2c(c1-c1ccccc1)c(=O)oc1ncccc12. The van der Waals surface area contributed by atoms with Crippen molar-refractivity contribution in [1.82, 2.24) is 14.8 Å². The minimum absolute atomic E-state index is 0.313. The number of aryl methyl sites for hydroxylation is 1. The Bertz CT molecular complexity index is 1020. The first kappa shape index (κ1) is 11.8. The van der Waals surface area contributed by atoms with Crippen LogP contribution in [-0.4, -0.2) is 14.8 Å². The molecule has 5 nitrogen and oxygen atoms in total. The van der Waals surface area contributed by atoms with Gasteiger partial charge in [0.05, 0.1) is 11.1 Å². The van der Waals surface area contributed by atoms with Gasteiger partial charge >= 0.3 is 5.63 Å². The summed E-state index contributed by atoms with van der Waals surface area (Å²) in [7, 11) is 1.82. The number of fused-ring (bicyclic) bond motifs is 3. The van der Waals surface area contributed by atoms with Crippen LogP contribution in [0.25, 0.3) is 33.3 Å². The van der Waals surface area contributed by atoms with Crippen molar-refractivity contribution in [3.05, 3.63) is 59.1 Å². The molecule has 0 radical (unpaired) electrons. The minimum atomic E-state index is -0.414. The summed E-state index contributed by atoms with van der Waals surface area (Å²) >= 11 is 0. The van der Waals surface area contributed by atoms with Crippen LogP contribution in [0.15, 0.2) is 57.9 Å². The van der Waals surface area contributed by atoms with Gasteiger partial charge in [-0.2, -0.15) is 5.10 Å². The monoisotopic (exact) mass is 277 g/mol. The molecule has 0 amide bonds. The molecule has 21 heavy (non-hydrogen) atoms. The van der Waals surface area contributed by atoms with Crippen molar-refractivity contribution in [3.63, 3.8) is 0 Å². The lowest BCUT2D eigenvalue weighted by Crippen LogP contribution is -2.01. The number of aromatic nitrogens is 3. The van der Waals surface area contributed by atoms with Crippen molar-refractivity contribution in [3.8, 4) is 11.3 Å². The Hall–Kier alpha value is -2.95. The van der Waals surface area contributed by atoms with Crippen LogP contribution < -0.4 is 5.63 Å². The zero-order chi connectivity index (χ0) is 14.4. The molecule has 0 N–H and O–H groups in total. The summed E-state index contributed by atoms with van der Waals surface area (Å²) in [5.41, 5.74) is 2.20. The molecular weight excluding hydrogens is 266 g/mol. The maximum absolute atomic E-state index is 12.3. The van der Waals surface area contributed by atoms with Gasteiger partial charge in [-0.15, -0.1) is 0 Å². The van der Waals surface area contributed by atoms with Gasteiger partial charge in [0.2, 0.25) is 5.71 Å². The lowest BCUT2D eigenvalue weighted by Gasteiger charge is -2.01. The van der Waals surface area contributed by atoms with Gasteiger partial charge < -0.3 is 4.42 Å². The molecule has 0 aliphatic heterocycles. The highest BCUT2D eigenvalue weighted by atomic mass is 16.4. The van der Waals surface area contributed by atoms with Gasteiger partial charge in [0, 0.05) is 18.8 Å². The van der Waals surface area contributed by atoms with Crippen molar-refractivity contribution in [2.75, 3.05) is 0 Å². The van der Waals surface area contributed by atoms with Gasteiger partial charge in [0.15, 0.2) is 0 Å². The Morgan fingerprint density at radius 3 is 2.71 bits per heavy atom. The van der Waals surface area contributed by atoms with Gasteiger partial charge in [0.1, 0.15) is 10.9 Å². The van der Waals surface area contributed by atoms with Crippen LogP contribution in [0.3, 0.4) is 0 Å². The summed E-state index contributed by atoms with van der Waals surface area (Å²) < 4.78 is 7.04. The molecule has 5 heteroatoms. The molecule has 0 aliphatic rings. The van der Waals surface area contributed by atoms with E-state index in [9.17, 15) is 4.79 Å². The molecule has 0 saturated carbocycles. The van der Waals surface area contributed by atoms with E-state index in [4.69, 9.17) is 4.42 Å². The molecule has 0 fully saturated rings. The fourth-order valence-corrected chi connectivity index (χ4v) is 2.62. The first-order valence-corrected chi connectivity index (χ1v) is 6.55. The molecule has 0 spiro atoms. The third-order valence-electron chi connectivity index (χ3n) is 3.51. The summed E-state index contributed by atoms with van der Waals surface area (Å²) in [5.74, 6) is 0. The molecule has 0 aliphatic carbocycles. The zero-order valence-electron chi connectivity index (χ0n) is 11.3. The predicted molar refractivity (Wildman–Crippen MR) is 80.0 cm³/mol. The Balaban J connectivity index is 2.22. The standard InChI is InChI=1S/C16H11N3O2/c1-19-14(10-6-3-2-4-7-10)12-13(18-19)11-8-5-9-17-15(11)21-16(12)20/h2-9H,1H3. The average molecular weight is 277 g/mol. The minimum Gasteiger partial charge on any atom is -0.403 e. The third-order valence-corrected chi connectivity index (χ3v) is 3.51. The smallest absolute Gasteiger partial charge is 0.349 e. The maximum Gasteiger partial charge on any atom is 0.349 e. The van der Waals surface area contributed by atoms with Gasteiger partial charge in [-0.3, -0.25) is 4.68 Å². The van der Waals surface area contributed by atoms with Crippen molar-refractivity contribution in [1.29, 1.82) is 0 Å². The number of rotatable bonds is 1. The first-order valence-electron chi connectivity index (χ1n) is 6.55. The average Bonchev–Trinajstić information content (AvgIpc) is 2.86. The van der Waals surface area contributed by atoms with E-state index in [1.807, 2.05) is 43.4 Å². The second kappa shape index (κ2) is 4.28.